The summed E-state index contributed by atoms with van der Waals surface area (Å²) in [6.45, 7) is 12.2. The van der Waals surface area contributed by atoms with Gasteiger partial charge in [-0.2, -0.15) is 0 Å². The van der Waals surface area contributed by atoms with Crippen LogP contribution in [0.25, 0.3) is 0 Å². The lowest BCUT2D eigenvalue weighted by atomic mass is 10.1. The van der Waals surface area contributed by atoms with Gasteiger partial charge in [-0.3, -0.25) is 4.79 Å². The Hall–Kier alpha value is -1.57. The fourth-order valence-corrected chi connectivity index (χ4v) is 1.38. The Kier molecular flexibility index (Phi) is 9.65. The molecule has 0 unspecified atom stereocenters. The molecule has 0 radical (unpaired) electrons. The van der Waals surface area contributed by atoms with Crippen molar-refractivity contribution in [3.8, 4) is 0 Å². The summed E-state index contributed by atoms with van der Waals surface area (Å²) in [5.74, 6) is -0.0605. The molecule has 100 valence electrons. The summed E-state index contributed by atoms with van der Waals surface area (Å²) in [7, 11) is 0. The van der Waals surface area contributed by atoms with Gasteiger partial charge in [-0.15, -0.1) is 0 Å². The molecule has 0 saturated heterocycles. The Morgan fingerprint density at radius 1 is 1.11 bits per heavy atom. The van der Waals surface area contributed by atoms with Crippen molar-refractivity contribution in [2.75, 3.05) is 6.54 Å². The molecule has 0 spiro atoms. The maximum absolute atomic E-state index is 11.8. The topological polar surface area (TPSA) is 29.1 Å². The highest BCUT2D eigenvalue weighted by Crippen LogP contribution is 2.02. The van der Waals surface area contributed by atoms with Gasteiger partial charge in [-0.1, -0.05) is 63.1 Å². The van der Waals surface area contributed by atoms with Crippen molar-refractivity contribution in [2.45, 2.75) is 39.5 Å². The van der Waals surface area contributed by atoms with Crippen LogP contribution in [0.5, 0.6) is 0 Å². The van der Waals surface area contributed by atoms with Crippen molar-refractivity contribution >= 4 is 5.91 Å². The Morgan fingerprint density at radius 3 is 2.39 bits per heavy atom. The molecule has 2 nitrogen and oxygen atoms in total. The largest absolute Gasteiger partial charge is 0.352 e. The monoisotopic (exact) mass is 247 g/mol. The number of hydrogen-bond donors (Lipinski definition) is 1. The number of nitrogens with one attached hydrogen (secondary N) is 1. The average molecular weight is 247 g/mol. The van der Waals surface area contributed by atoms with Crippen LogP contribution in [0.4, 0.5) is 0 Å². The summed E-state index contributed by atoms with van der Waals surface area (Å²) in [6, 6.07) is 0. The molecule has 0 aliphatic carbocycles. The van der Waals surface area contributed by atoms with Crippen molar-refractivity contribution in [2.24, 2.45) is 0 Å². The third-order valence-electron chi connectivity index (χ3n) is 2.65. The molecule has 1 amide bonds. The van der Waals surface area contributed by atoms with Crippen LogP contribution in [0.3, 0.4) is 0 Å². The Morgan fingerprint density at radius 2 is 1.83 bits per heavy atom. The minimum absolute atomic E-state index is 0.0605. The van der Waals surface area contributed by atoms with Gasteiger partial charge in [0.1, 0.15) is 0 Å². The molecule has 18 heavy (non-hydrogen) atoms. The van der Waals surface area contributed by atoms with Crippen LogP contribution >= 0.6 is 0 Å². The van der Waals surface area contributed by atoms with E-state index in [-0.39, 0.29) is 5.91 Å². The second kappa shape index (κ2) is 10.6. The van der Waals surface area contributed by atoms with E-state index in [0.29, 0.717) is 5.57 Å². The zero-order valence-corrected chi connectivity index (χ0v) is 11.7. The van der Waals surface area contributed by atoms with Gasteiger partial charge in [-0.05, 0) is 19.4 Å². The number of carbonyl (C=O) groups is 1. The molecule has 0 fully saturated rings. The van der Waals surface area contributed by atoms with Crippen LogP contribution in [-0.4, -0.2) is 12.5 Å². The molecular weight excluding hydrogens is 222 g/mol. The summed E-state index contributed by atoms with van der Waals surface area (Å²) >= 11 is 0. The summed E-state index contributed by atoms with van der Waals surface area (Å²) in [5.41, 5.74) is 1.61. The Balaban J connectivity index is 4.19. The molecule has 0 rings (SSSR count). The van der Waals surface area contributed by atoms with Gasteiger partial charge in [0.2, 0.25) is 0 Å². The van der Waals surface area contributed by atoms with Gasteiger partial charge in [-0.25, -0.2) is 0 Å². The first-order valence-corrected chi connectivity index (χ1v) is 6.57. The lowest BCUT2D eigenvalue weighted by Gasteiger charge is -2.05. The molecule has 0 aromatic carbocycles. The third kappa shape index (κ3) is 7.66. The maximum atomic E-state index is 11.8. The van der Waals surface area contributed by atoms with Gasteiger partial charge in [0, 0.05) is 12.1 Å². The molecule has 0 bridgehead atoms. The van der Waals surface area contributed by atoms with Crippen molar-refractivity contribution in [3.05, 3.63) is 48.6 Å². The van der Waals surface area contributed by atoms with Gasteiger partial charge in [0.05, 0.1) is 0 Å². The second-order valence-electron chi connectivity index (χ2n) is 4.26. The fraction of sp³-hybridized carbons (Fsp3) is 0.438. The SMILES string of the molecule is C=C/C(C)=C/C=C(\C=C)C(=O)NCCCCCC. The van der Waals surface area contributed by atoms with E-state index in [1.165, 1.54) is 19.3 Å². The summed E-state index contributed by atoms with van der Waals surface area (Å²) < 4.78 is 0. The van der Waals surface area contributed by atoms with E-state index in [1.807, 2.05) is 13.0 Å². The molecular formula is C16H25NO. The molecule has 0 aromatic rings. The van der Waals surface area contributed by atoms with E-state index in [4.69, 9.17) is 0 Å². The quantitative estimate of drug-likeness (QED) is 0.373. The standard InChI is InChI=1S/C16H25NO/c1-5-8-9-10-13-17-16(18)15(7-3)12-11-14(4)6-2/h6-7,11-12H,2-3,5,8-10,13H2,1,4H3,(H,17,18)/b14-11+,15-12+. The molecule has 0 heterocycles. The predicted octanol–water partition coefficient (Wildman–Crippen LogP) is 3.93. The van der Waals surface area contributed by atoms with Crippen LogP contribution in [0.15, 0.2) is 48.6 Å². The smallest absolute Gasteiger partial charge is 0.251 e. The van der Waals surface area contributed by atoms with Crippen LogP contribution < -0.4 is 5.32 Å². The highest BCUT2D eigenvalue weighted by Gasteiger charge is 2.03. The summed E-state index contributed by atoms with van der Waals surface area (Å²) in [6.07, 6.45) is 11.6. The van der Waals surface area contributed by atoms with E-state index in [0.717, 1.165) is 18.5 Å². The number of amides is 1. The molecule has 0 aromatic heterocycles. The number of unbranched alkanes of at least 4 members (excludes halogenated alkanes) is 3. The van der Waals surface area contributed by atoms with Crippen molar-refractivity contribution < 1.29 is 4.79 Å². The molecule has 0 aliphatic rings. The second-order valence-corrected chi connectivity index (χ2v) is 4.26. The van der Waals surface area contributed by atoms with E-state index in [2.05, 4.69) is 25.4 Å². The first-order valence-electron chi connectivity index (χ1n) is 6.57. The highest BCUT2D eigenvalue weighted by atomic mass is 16.1. The van der Waals surface area contributed by atoms with Crippen molar-refractivity contribution in [1.29, 1.82) is 0 Å². The van der Waals surface area contributed by atoms with E-state index < -0.39 is 0 Å². The average Bonchev–Trinajstić information content (AvgIpc) is 2.38. The van der Waals surface area contributed by atoms with Gasteiger partial charge < -0.3 is 5.32 Å². The van der Waals surface area contributed by atoms with E-state index in [9.17, 15) is 4.79 Å². The van der Waals surface area contributed by atoms with E-state index >= 15 is 0 Å². The zero-order valence-electron chi connectivity index (χ0n) is 11.7. The zero-order chi connectivity index (χ0) is 13.8. The number of carbonyl (C=O) groups excluding carboxylic acids is 1. The summed E-state index contributed by atoms with van der Waals surface area (Å²) in [4.78, 5) is 11.8. The molecule has 0 saturated carbocycles. The maximum Gasteiger partial charge on any atom is 0.251 e. The lowest BCUT2D eigenvalue weighted by molar-refractivity contribution is -0.117. The Labute approximate surface area is 111 Å². The number of allylic oxidation sites excluding steroid dienone is 4. The third-order valence-corrected chi connectivity index (χ3v) is 2.65. The number of hydrogen-bond acceptors (Lipinski definition) is 1. The molecule has 0 atom stereocenters. The van der Waals surface area contributed by atoms with Gasteiger partial charge >= 0.3 is 0 Å². The molecule has 1 N–H and O–H groups in total. The van der Waals surface area contributed by atoms with Gasteiger partial charge in [0.15, 0.2) is 0 Å². The summed E-state index contributed by atoms with van der Waals surface area (Å²) in [5, 5.41) is 2.90. The van der Waals surface area contributed by atoms with Crippen molar-refractivity contribution in [3.63, 3.8) is 0 Å². The molecule has 2 heteroatoms. The molecule has 0 aliphatic heterocycles. The lowest BCUT2D eigenvalue weighted by Crippen LogP contribution is -2.25. The number of rotatable bonds is 9. The van der Waals surface area contributed by atoms with Crippen LogP contribution in [0, 0.1) is 0 Å². The van der Waals surface area contributed by atoms with Crippen molar-refractivity contribution in [1.82, 2.24) is 5.32 Å². The van der Waals surface area contributed by atoms with E-state index in [1.54, 1.807) is 18.2 Å². The minimum Gasteiger partial charge on any atom is -0.352 e. The van der Waals surface area contributed by atoms with Gasteiger partial charge in [0.25, 0.3) is 5.91 Å². The van der Waals surface area contributed by atoms with Crippen LogP contribution in [0.2, 0.25) is 0 Å². The Bertz CT molecular complexity index is 337. The minimum atomic E-state index is -0.0605. The highest BCUT2D eigenvalue weighted by molar-refractivity contribution is 5.96. The normalized spacial score (nSPS) is 12.1. The van der Waals surface area contributed by atoms with Crippen LogP contribution in [-0.2, 0) is 4.79 Å². The first-order chi connectivity index (χ1) is 8.65. The van der Waals surface area contributed by atoms with Crippen LogP contribution in [0.1, 0.15) is 39.5 Å². The fourth-order valence-electron chi connectivity index (χ4n) is 1.38. The predicted molar refractivity (Wildman–Crippen MR) is 79.4 cm³/mol. The first kappa shape index (κ1) is 16.4.